The first-order valence-electron chi connectivity index (χ1n) is 5.37. The van der Waals surface area contributed by atoms with Crippen LogP contribution in [0.1, 0.15) is 12.5 Å². The van der Waals surface area contributed by atoms with Gasteiger partial charge in [-0.25, -0.2) is 0 Å². The second-order valence-corrected chi connectivity index (χ2v) is 4.52. The molecule has 2 rings (SSSR count). The smallest absolute Gasteiger partial charge is 0.00695 e. The van der Waals surface area contributed by atoms with E-state index >= 15 is 0 Å². The van der Waals surface area contributed by atoms with Crippen molar-refractivity contribution in [1.29, 1.82) is 0 Å². The van der Waals surface area contributed by atoms with Crippen LogP contribution in [0.4, 0.5) is 0 Å². The normalized spacial score (nSPS) is 10.4. The third-order valence-electron chi connectivity index (χ3n) is 2.64. The first-order chi connectivity index (χ1) is 7.83. The molecule has 0 aromatic heterocycles. The van der Waals surface area contributed by atoms with Gasteiger partial charge in [-0.2, -0.15) is 0 Å². The summed E-state index contributed by atoms with van der Waals surface area (Å²) in [7, 11) is 0. The van der Waals surface area contributed by atoms with Gasteiger partial charge in [0.15, 0.2) is 0 Å². The van der Waals surface area contributed by atoms with Gasteiger partial charge in [0.05, 0.1) is 0 Å². The van der Waals surface area contributed by atoms with E-state index in [9.17, 15) is 0 Å². The van der Waals surface area contributed by atoms with Crippen LogP contribution in [0.15, 0.2) is 53.4 Å². The Morgan fingerprint density at radius 2 is 1.69 bits per heavy atom. The minimum atomic E-state index is 1.27. The van der Waals surface area contributed by atoms with Crippen LogP contribution in [0.3, 0.4) is 0 Å². The van der Waals surface area contributed by atoms with Crippen LogP contribution < -0.4 is 0 Å². The zero-order valence-electron chi connectivity index (χ0n) is 9.60. The van der Waals surface area contributed by atoms with Gasteiger partial charge < -0.3 is 0 Å². The maximum Gasteiger partial charge on any atom is 0.00695 e. The molecular formula is C15H15S. The Kier molecular flexibility index (Phi) is 3.68. The fourth-order valence-electron chi connectivity index (χ4n) is 1.68. The number of hydrogen-bond acceptors (Lipinski definition) is 1. The van der Waals surface area contributed by atoms with Gasteiger partial charge in [-0.15, -0.1) is 11.8 Å². The molecule has 0 nitrogen and oxygen atoms in total. The van der Waals surface area contributed by atoms with Crippen molar-refractivity contribution >= 4 is 11.8 Å². The molecule has 0 saturated heterocycles. The molecule has 16 heavy (non-hydrogen) atoms. The molecule has 0 aliphatic carbocycles. The van der Waals surface area contributed by atoms with Crippen molar-refractivity contribution in [3.8, 4) is 11.1 Å². The zero-order chi connectivity index (χ0) is 11.4. The van der Waals surface area contributed by atoms with E-state index in [4.69, 9.17) is 0 Å². The molecule has 0 amide bonds. The van der Waals surface area contributed by atoms with Gasteiger partial charge in [0.25, 0.3) is 0 Å². The molecule has 0 heterocycles. The van der Waals surface area contributed by atoms with Crippen LogP contribution in [0.25, 0.3) is 11.1 Å². The molecule has 1 radical (unpaired) electrons. The van der Waals surface area contributed by atoms with E-state index in [1.165, 1.54) is 21.6 Å². The van der Waals surface area contributed by atoms with Gasteiger partial charge in [0.1, 0.15) is 0 Å². The third-order valence-corrected chi connectivity index (χ3v) is 3.39. The average Bonchev–Trinajstić information content (AvgIpc) is 2.39. The summed E-state index contributed by atoms with van der Waals surface area (Å²) in [5.41, 5.74) is 3.83. The monoisotopic (exact) mass is 227 g/mol. The minimum absolute atomic E-state index is 1.27. The summed E-state index contributed by atoms with van der Waals surface area (Å²) >= 11 is 1.77. The van der Waals surface area contributed by atoms with Crippen LogP contribution >= 0.6 is 11.8 Å². The second kappa shape index (κ2) is 5.22. The molecule has 0 unspecified atom stereocenters. The summed E-state index contributed by atoms with van der Waals surface area (Å²) in [4.78, 5) is 1.31. The van der Waals surface area contributed by atoms with E-state index < -0.39 is 0 Å². The molecule has 0 saturated carbocycles. The fraction of sp³-hybridized carbons (Fsp3) is 0.133. The maximum absolute atomic E-state index is 2.22. The highest BCUT2D eigenvalue weighted by molar-refractivity contribution is 7.98. The van der Waals surface area contributed by atoms with Gasteiger partial charge in [0.2, 0.25) is 0 Å². The standard InChI is InChI=1S/C15H15S/c1-3-12-5-4-6-14(11-12)13-7-9-15(16-2)10-8-13/h3-11H,1-2H3. The Balaban J connectivity index is 2.34. The molecular weight excluding hydrogens is 212 g/mol. The van der Waals surface area contributed by atoms with Crippen molar-refractivity contribution in [3.63, 3.8) is 0 Å². The van der Waals surface area contributed by atoms with Gasteiger partial charge >= 0.3 is 0 Å². The van der Waals surface area contributed by atoms with Crippen LogP contribution in [-0.4, -0.2) is 6.26 Å². The van der Waals surface area contributed by atoms with E-state index in [2.05, 4.69) is 68.1 Å². The van der Waals surface area contributed by atoms with Crippen molar-refractivity contribution in [3.05, 3.63) is 60.5 Å². The molecule has 81 valence electrons. The van der Waals surface area contributed by atoms with Crippen LogP contribution in [0.5, 0.6) is 0 Å². The lowest BCUT2D eigenvalue weighted by atomic mass is 10.0. The second-order valence-electron chi connectivity index (χ2n) is 3.64. The van der Waals surface area contributed by atoms with E-state index in [1.807, 2.05) is 0 Å². The highest BCUT2D eigenvalue weighted by Crippen LogP contribution is 2.24. The number of thioether (sulfide) groups is 1. The van der Waals surface area contributed by atoms with E-state index in [1.54, 1.807) is 11.8 Å². The summed E-state index contributed by atoms with van der Waals surface area (Å²) in [6.45, 7) is 2.07. The molecule has 2 aromatic rings. The largest absolute Gasteiger partial charge is 0.130 e. The van der Waals surface area contributed by atoms with E-state index in [0.29, 0.717) is 0 Å². The Hall–Kier alpha value is -1.21. The summed E-state index contributed by atoms with van der Waals surface area (Å²) < 4.78 is 0. The molecule has 0 N–H and O–H groups in total. The summed E-state index contributed by atoms with van der Waals surface area (Å²) in [5.74, 6) is 0. The van der Waals surface area contributed by atoms with E-state index in [0.717, 1.165) is 0 Å². The van der Waals surface area contributed by atoms with Crippen LogP contribution in [0.2, 0.25) is 0 Å². The third kappa shape index (κ3) is 2.48. The van der Waals surface area contributed by atoms with Crippen molar-refractivity contribution in [1.82, 2.24) is 0 Å². The molecule has 0 fully saturated rings. The Bertz CT molecular complexity index is 457. The lowest BCUT2D eigenvalue weighted by Gasteiger charge is -2.04. The zero-order valence-corrected chi connectivity index (χ0v) is 10.4. The van der Waals surface area contributed by atoms with Gasteiger partial charge in [-0.3, -0.25) is 0 Å². The number of benzene rings is 2. The molecule has 1 heteroatoms. The van der Waals surface area contributed by atoms with Crippen molar-refractivity contribution in [2.75, 3.05) is 6.26 Å². The first kappa shape index (κ1) is 11.3. The minimum Gasteiger partial charge on any atom is -0.130 e. The van der Waals surface area contributed by atoms with Crippen molar-refractivity contribution < 1.29 is 0 Å². The topological polar surface area (TPSA) is 0 Å². The number of hydrogen-bond donors (Lipinski definition) is 0. The molecule has 0 aliphatic heterocycles. The molecule has 2 aromatic carbocycles. The highest BCUT2D eigenvalue weighted by Gasteiger charge is 1.98. The summed E-state index contributed by atoms with van der Waals surface area (Å²) in [5, 5.41) is 0. The molecule has 0 bridgehead atoms. The summed E-state index contributed by atoms with van der Waals surface area (Å²) in [6, 6.07) is 17.3. The van der Waals surface area contributed by atoms with E-state index in [-0.39, 0.29) is 0 Å². The van der Waals surface area contributed by atoms with Gasteiger partial charge in [-0.05, 0) is 41.5 Å². The van der Waals surface area contributed by atoms with Crippen LogP contribution in [0, 0.1) is 6.42 Å². The van der Waals surface area contributed by atoms with Crippen LogP contribution in [-0.2, 0) is 0 Å². The Labute approximate surface area is 102 Å². The Morgan fingerprint density at radius 3 is 2.31 bits per heavy atom. The predicted octanol–water partition coefficient (Wildman–Crippen LogP) is 4.65. The summed E-state index contributed by atoms with van der Waals surface area (Å²) in [6.07, 6.45) is 4.22. The molecule has 0 spiro atoms. The highest BCUT2D eigenvalue weighted by atomic mass is 32.2. The average molecular weight is 227 g/mol. The SMILES string of the molecule is C[CH]c1cccc(-c2ccc(SC)cc2)c1. The molecule has 0 atom stereocenters. The van der Waals surface area contributed by atoms with Gasteiger partial charge in [0, 0.05) is 4.90 Å². The predicted molar refractivity (Wildman–Crippen MR) is 72.7 cm³/mol. The maximum atomic E-state index is 2.22. The lowest BCUT2D eigenvalue weighted by molar-refractivity contribution is 1.41. The van der Waals surface area contributed by atoms with Crippen molar-refractivity contribution in [2.45, 2.75) is 11.8 Å². The lowest BCUT2D eigenvalue weighted by Crippen LogP contribution is -1.81. The fourth-order valence-corrected chi connectivity index (χ4v) is 2.09. The van der Waals surface area contributed by atoms with Gasteiger partial charge in [-0.1, -0.05) is 43.3 Å². The molecule has 0 aliphatic rings. The Morgan fingerprint density at radius 1 is 0.938 bits per heavy atom. The van der Waals surface area contributed by atoms with Crippen molar-refractivity contribution in [2.24, 2.45) is 0 Å². The quantitative estimate of drug-likeness (QED) is 0.688. The number of rotatable bonds is 3. The first-order valence-corrected chi connectivity index (χ1v) is 6.60.